The number of fused-ring (bicyclic) bond motifs is 2. The summed E-state index contributed by atoms with van der Waals surface area (Å²) in [5.74, 6) is 0. The quantitative estimate of drug-likeness (QED) is 0.570. The Bertz CT molecular complexity index is 885. The van der Waals surface area contributed by atoms with Crippen LogP contribution in [0.2, 0.25) is 0 Å². The van der Waals surface area contributed by atoms with Crippen molar-refractivity contribution < 1.29 is 0 Å². The van der Waals surface area contributed by atoms with Gasteiger partial charge in [0.25, 0.3) is 0 Å². The molecule has 0 fully saturated rings. The fraction of sp³-hybridized carbons (Fsp3) is 0.0556. The van der Waals surface area contributed by atoms with Crippen LogP contribution >= 0.6 is 0 Å². The van der Waals surface area contributed by atoms with Crippen molar-refractivity contribution in [2.75, 3.05) is 0 Å². The summed E-state index contributed by atoms with van der Waals surface area (Å²) < 4.78 is 0. The van der Waals surface area contributed by atoms with E-state index in [4.69, 9.17) is 0 Å². The van der Waals surface area contributed by atoms with Crippen LogP contribution < -0.4 is 0 Å². The summed E-state index contributed by atoms with van der Waals surface area (Å²) in [5.41, 5.74) is 3.54. The zero-order valence-electron chi connectivity index (χ0n) is 11.0. The SMILES string of the molecule is c1ccc2c(Cc3[nH]nc4ccccc34)cccc2c1. The minimum absolute atomic E-state index is 0.877. The Morgan fingerprint density at radius 3 is 2.45 bits per heavy atom. The molecule has 2 nitrogen and oxygen atoms in total. The Morgan fingerprint density at radius 2 is 1.50 bits per heavy atom. The smallest absolute Gasteiger partial charge is 0.0923 e. The summed E-state index contributed by atoms with van der Waals surface area (Å²) in [4.78, 5) is 0. The van der Waals surface area contributed by atoms with Crippen LogP contribution in [-0.2, 0) is 6.42 Å². The van der Waals surface area contributed by atoms with E-state index in [0.29, 0.717) is 0 Å². The highest BCUT2D eigenvalue weighted by Crippen LogP contribution is 2.23. The Hall–Kier alpha value is -2.61. The van der Waals surface area contributed by atoms with Crippen molar-refractivity contribution in [1.29, 1.82) is 0 Å². The molecule has 4 rings (SSSR count). The Morgan fingerprint density at radius 1 is 0.750 bits per heavy atom. The van der Waals surface area contributed by atoms with Crippen molar-refractivity contribution in [2.45, 2.75) is 6.42 Å². The molecule has 0 aliphatic heterocycles. The third-order valence-corrected chi connectivity index (χ3v) is 3.79. The van der Waals surface area contributed by atoms with E-state index in [-0.39, 0.29) is 0 Å². The molecule has 0 atom stereocenters. The van der Waals surface area contributed by atoms with Crippen LogP contribution in [0.25, 0.3) is 21.7 Å². The lowest BCUT2D eigenvalue weighted by Crippen LogP contribution is -1.91. The standard InChI is InChI=1S/C18H14N2/c1-2-9-15-13(6-1)7-5-8-14(15)12-18-16-10-3-4-11-17(16)19-20-18/h1-11H,12H2,(H,19,20). The van der Waals surface area contributed by atoms with E-state index in [1.807, 2.05) is 12.1 Å². The van der Waals surface area contributed by atoms with Gasteiger partial charge in [-0.05, 0) is 22.4 Å². The van der Waals surface area contributed by atoms with E-state index >= 15 is 0 Å². The highest BCUT2D eigenvalue weighted by Gasteiger charge is 2.07. The molecule has 0 saturated carbocycles. The molecule has 0 radical (unpaired) electrons. The van der Waals surface area contributed by atoms with E-state index in [1.165, 1.54) is 27.4 Å². The molecule has 0 aliphatic rings. The number of aromatic amines is 1. The molecule has 96 valence electrons. The fourth-order valence-corrected chi connectivity index (χ4v) is 2.79. The summed E-state index contributed by atoms with van der Waals surface area (Å²) in [6.07, 6.45) is 0.877. The summed E-state index contributed by atoms with van der Waals surface area (Å²) in [6, 6.07) is 23.2. The van der Waals surface area contributed by atoms with E-state index in [1.54, 1.807) is 0 Å². The molecule has 0 aliphatic carbocycles. The van der Waals surface area contributed by atoms with Gasteiger partial charge in [-0.15, -0.1) is 0 Å². The van der Waals surface area contributed by atoms with Crippen LogP contribution in [0.3, 0.4) is 0 Å². The van der Waals surface area contributed by atoms with Crippen LogP contribution in [0, 0.1) is 0 Å². The third kappa shape index (κ3) is 1.77. The third-order valence-electron chi connectivity index (χ3n) is 3.79. The minimum atomic E-state index is 0.877. The molecule has 0 spiro atoms. The minimum Gasteiger partial charge on any atom is -0.281 e. The van der Waals surface area contributed by atoms with Gasteiger partial charge in [-0.3, -0.25) is 5.10 Å². The van der Waals surface area contributed by atoms with Crippen LogP contribution in [0.5, 0.6) is 0 Å². The topological polar surface area (TPSA) is 28.7 Å². The molecule has 1 aromatic heterocycles. The highest BCUT2D eigenvalue weighted by atomic mass is 15.1. The lowest BCUT2D eigenvalue weighted by atomic mass is 10.00. The highest BCUT2D eigenvalue weighted by molar-refractivity contribution is 5.87. The average Bonchev–Trinajstić information content (AvgIpc) is 2.91. The second kappa shape index (κ2) is 4.49. The molecule has 1 heterocycles. The number of aromatic nitrogens is 2. The first kappa shape index (κ1) is 11.2. The van der Waals surface area contributed by atoms with Gasteiger partial charge in [0, 0.05) is 17.5 Å². The molecule has 2 heteroatoms. The van der Waals surface area contributed by atoms with E-state index in [2.05, 4.69) is 64.8 Å². The zero-order valence-corrected chi connectivity index (χ0v) is 11.0. The first-order chi connectivity index (χ1) is 9.92. The number of benzene rings is 3. The van der Waals surface area contributed by atoms with Gasteiger partial charge in [0.15, 0.2) is 0 Å². The number of hydrogen-bond donors (Lipinski definition) is 1. The lowest BCUT2D eigenvalue weighted by Gasteiger charge is -2.05. The first-order valence-electron chi connectivity index (χ1n) is 6.80. The van der Waals surface area contributed by atoms with Crippen molar-refractivity contribution in [1.82, 2.24) is 10.2 Å². The monoisotopic (exact) mass is 258 g/mol. The van der Waals surface area contributed by atoms with Gasteiger partial charge in [-0.25, -0.2) is 0 Å². The predicted octanol–water partition coefficient (Wildman–Crippen LogP) is 4.31. The largest absolute Gasteiger partial charge is 0.281 e. The molecule has 0 bridgehead atoms. The van der Waals surface area contributed by atoms with Crippen molar-refractivity contribution in [3.8, 4) is 0 Å². The van der Waals surface area contributed by atoms with Gasteiger partial charge in [-0.1, -0.05) is 60.7 Å². The van der Waals surface area contributed by atoms with Crippen molar-refractivity contribution in [3.05, 3.63) is 78.0 Å². The van der Waals surface area contributed by atoms with E-state index in [9.17, 15) is 0 Å². The molecule has 0 saturated heterocycles. The zero-order chi connectivity index (χ0) is 13.4. The lowest BCUT2D eigenvalue weighted by molar-refractivity contribution is 1.02. The van der Waals surface area contributed by atoms with Gasteiger partial charge < -0.3 is 0 Å². The van der Waals surface area contributed by atoms with Crippen LogP contribution in [0.4, 0.5) is 0 Å². The summed E-state index contributed by atoms with van der Waals surface area (Å²) >= 11 is 0. The number of nitrogens with one attached hydrogen (secondary N) is 1. The number of para-hydroxylation sites is 1. The van der Waals surface area contributed by atoms with Crippen LogP contribution in [0.1, 0.15) is 11.3 Å². The van der Waals surface area contributed by atoms with E-state index < -0.39 is 0 Å². The number of nitrogens with zero attached hydrogens (tertiary/aromatic N) is 1. The Balaban J connectivity index is 1.85. The average molecular weight is 258 g/mol. The van der Waals surface area contributed by atoms with Gasteiger partial charge in [0.05, 0.1) is 5.52 Å². The summed E-state index contributed by atoms with van der Waals surface area (Å²) in [6.45, 7) is 0. The molecule has 0 amide bonds. The van der Waals surface area contributed by atoms with Crippen molar-refractivity contribution >= 4 is 21.7 Å². The maximum Gasteiger partial charge on any atom is 0.0923 e. The Kier molecular flexibility index (Phi) is 2.52. The molecule has 20 heavy (non-hydrogen) atoms. The number of hydrogen-bond acceptors (Lipinski definition) is 1. The van der Waals surface area contributed by atoms with Gasteiger partial charge >= 0.3 is 0 Å². The Labute approximate surface area is 117 Å². The maximum atomic E-state index is 4.37. The van der Waals surface area contributed by atoms with Crippen LogP contribution in [0.15, 0.2) is 66.7 Å². The van der Waals surface area contributed by atoms with Crippen molar-refractivity contribution in [2.24, 2.45) is 0 Å². The molecule has 3 aromatic carbocycles. The maximum absolute atomic E-state index is 4.37. The second-order valence-electron chi connectivity index (χ2n) is 5.03. The molecule has 4 aromatic rings. The van der Waals surface area contributed by atoms with Gasteiger partial charge in [0.2, 0.25) is 0 Å². The molecule has 0 unspecified atom stereocenters. The second-order valence-corrected chi connectivity index (χ2v) is 5.03. The van der Waals surface area contributed by atoms with Gasteiger partial charge in [-0.2, -0.15) is 5.10 Å². The number of H-pyrrole nitrogens is 1. The van der Waals surface area contributed by atoms with Crippen LogP contribution in [-0.4, -0.2) is 10.2 Å². The molecular formula is C18H14N2. The van der Waals surface area contributed by atoms with E-state index in [0.717, 1.165) is 11.9 Å². The van der Waals surface area contributed by atoms with Gasteiger partial charge in [0.1, 0.15) is 0 Å². The molecular weight excluding hydrogens is 244 g/mol. The normalized spacial score (nSPS) is 11.2. The molecule has 1 N–H and O–H groups in total. The summed E-state index contributed by atoms with van der Waals surface area (Å²) in [7, 11) is 0. The fourth-order valence-electron chi connectivity index (χ4n) is 2.79. The summed E-state index contributed by atoms with van der Waals surface area (Å²) in [5, 5.41) is 11.4. The van der Waals surface area contributed by atoms with Crippen molar-refractivity contribution in [3.63, 3.8) is 0 Å². The predicted molar refractivity (Wildman–Crippen MR) is 82.8 cm³/mol. The number of rotatable bonds is 2. The first-order valence-corrected chi connectivity index (χ1v) is 6.80.